The lowest BCUT2D eigenvalue weighted by Gasteiger charge is -2.07. The third kappa shape index (κ3) is 3.43. The Bertz CT molecular complexity index is 616. The number of rotatable bonds is 3. The molecule has 0 fully saturated rings. The Kier molecular flexibility index (Phi) is 4.35. The maximum atomic E-state index is 12.1. The Morgan fingerprint density at radius 3 is 2.74 bits per heavy atom. The standard InChI is InChI=1S/C14H13ClN2OS/c1-19-11-4-2-3-10(8-11)17-14(18)9-5-6-12(15)13(16)7-9/h2-8H,16H2,1H3,(H,17,18). The second-order valence-electron chi connectivity index (χ2n) is 3.92. The smallest absolute Gasteiger partial charge is 0.255 e. The molecule has 5 heteroatoms. The number of hydrogen-bond donors (Lipinski definition) is 2. The van der Waals surface area contributed by atoms with Crippen LogP contribution in [0.15, 0.2) is 47.4 Å². The molecule has 0 bridgehead atoms. The summed E-state index contributed by atoms with van der Waals surface area (Å²) in [7, 11) is 0. The topological polar surface area (TPSA) is 55.1 Å². The van der Waals surface area contributed by atoms with Crippen molar-refractivity contribution < 1.29 is 4.79 Å². The normalized spacial score (nSPS) is 10.2. The van der Waals surface area contributed by atoms with Gasteiger partial charge in [-0.3, -0.25) is 4.79 Å². The van der Waals surface area contributed by atoms with E-state index in [1.54, 1.807) is 30.0 Å². The Morgan fingerprint density at radius 2 is 2.05 bits per heavy atom. The highest BCUT2D eigenvalue weighted by Crippen LogP contribution is 2.22. The van der Waals surface area contributed by atoms with Gasteiger partial charge in [-0.25, -0.2) is 0 Å². The second kappa shape index (κ2) is 5.99. The van der Waals surface area contributed by atoms with Gasteiger partial charge in [0.1, 0.15) is 0 Å². The van der Waals surface area contributed by atoms with E-state index in [1.165, 1.54) is 0 Å². The first kappa shape index (κ1) is 13.8. The molecule has 0 spiro atoms. The monoisotopic (exact) mass is 292 g/mol. The third-order valence-corrected chi connectivity index (χ3v) is 3.66. The number of halogens is 1. The molecule has 0 unspecified atom stereocenters. The fraction of sp³-hybridized carbons (Fsp3) is 0.0714. The van der Waals surface area contributed by atoms with Gasteiger partial charge in [0.15, 0.2) is 0 Å². The zero-order chi connectivity index (χ0) is 13.8. The number of hydrogen-bond acceptors (Lipinski definition) is 3. The number of carbonyl (C=O) groups is 1. The Morgan fingerprint density at radius 1 is 1.26 bits per heavy atom. The molecule has 2 rings (SSSR count). The molecule has 0 aromatic heterocycles. The van der Waals surface area contributed by atoms with E-state index in [4.69, 9.17) is 17.3 Å². The van der Waals surface area contributed by atoms with E-state index >= 15 is 0 Å². The molecule has 0 aliphatic heterocycles. The van der Waals surface area contributed by atoms with Crippen LogP contribution in [0.3, 0.4) is 0 Å². The first-order valence-electron chi connectivity index (χ1n) is 5.60. The average molecular weight is 293 g/mol. The lowest BCUT2D eigenvalue weighted by molar-refractivity contribution is 0.102. The van der Waals surface area contributed by atoms with Crippen LogP contribution < -0.4 is 11.1 Å². The molecule has 3 nitrogen and oxygen atoms in total. The molecular formula is C14H13ClN2OS. The summed E-state index contributed by atoms with van der Waals surface area (Å²) >= 11 is 7.45. The summed E-state index contributed by atoms with van der Waals surface area (Å²) < 4.78 is 0. The summed E-state index contributed by atoms with van der Waals surface area (Å²) in [6.07, 6.45) is 1.99. The van der Waals surface area contributed by atoms with Crippen LogP contribution in [0.25, 0.3) is 0 Å². The fourth-order valence-corrected chi connectivity index (χ4v) is 2.17. The third-order valence-electron chi connectivity index (χ3n) is 2.59. The van der Waals surface area contributed by atoms with Crippen molar-refractivity contribution in [3.8, 4) is 0 Å². The van der Waals surface area contributed by atoms with Crippen molar-refractivity contribution in [2.75, 3.05) is 17.3 Å². The van der Waals surface area contributed by atoms with Gasteiger partial charge in [0.05, 0.1) is 10.7 Å². The summed E-state index contributed by atoms with van der Waals surface area (Å²) in [6.45, 7) is 0. The van der Waals surface area contributed by atoms with E-state index in [0.717, 1.165) is 10.6 Å². The molecule has 0 aliphatic rings. The van der Waals surface area contributed by atoms with Crippen molar-refractivity contribution in [1.29, 1.82) is 0 Å². The van der Waals surface area contributed by atoms with Crippen LogP contribution in [0.5, 0.6) is 0 Å². The van der Waals surface area contributed by atoms with Gasteiger partial charge in [0.2, 0.25) is 0 Å². The molecule has 2 aromatic rings. The number of amides is 1. The first-order chi connectivity index (χ1) is 9.10. The van der Waals surface area contributed by atoms with Crippen LogP contribution in [0.1, 0.15) is 10.4 Å². The van der Waals surface area contributed by atoms with Crippen molar-refractivity contribution in [2.24, 2.45) is 0 Å². The van der Waals surface area contributed by atoms with Crippen molar-refractivity contribution >= 4 is 40.6 Å². The Hall–Kier alpha value is -1.65. The molecule has 0 heterocycles. The number of carbonyl (C=O) groups excluding carboxylic acids is 1. The highest BCUT2D eigenvalue weighted by atomic mass is 35.5. The molecule has 0 saturated heterocycles. The Balaban J connectivity index is 2.18. The SMILES string of the molecule is CSc1cccc(NC(=O)c2ccc(Cl)c(N)c2)c1. The molecule has 0 aliphatic carbocycles. The van der Waals surface area contributed by atoms with Gasteiger partial charge >= 0.3 is 0 Å². The van der Waals surface area contributed by atoms with Gasteiger partial charge in [-0.05, 0) is 42.7 Å². The van der Waals surface area contributed by atoms with E-state index in [-0.39, 0.29) is 5.91 Å². The minimum absolute atomic E-state index is 0.207. The summed E-state index contributed by atoms with van der Waals surface area (Å²) in [4.78, 5) is 13.2. The van der Waals surface area contributed by atoms with Gasteiger partial charge < -0.3 is 11.1 Å². The molecular weight excluding hydrogens is 280 g/mol. The van der Waals surface area contributed by atoms with E-state index in [1.807, 2.05) is 30.5 Å². The zero-order valence-electron chi connectivity index (χ0n) is 10.3. The number of nitrogen functional groups attached to an aromatic ring is 1. The quantitative estimate of drug-likeness (QED) is 0.666. The molecule has 2 aromatic carbocycles. The molecule has 3 N–H and O–H groups in total. The predicted octanol–water partition coefficient (Wildman–Crippen LogP) is 3.90. The predicted molar refractivity (Wildman–Crippen MR) is 82.0 cm³/mol. The molecule has 0 atom stereocenters. The highest BCUT2D eigenvalue weighted by molar-refractivity contribution is 7.98. The van der Waals surface area contributed by atoms with Gasteiger partial charge in [0.25, 0.3) is 5.91 Å². The lowest BCUT2D eigenvalue weighted by atomic mass is 10.2. The summed E-state index contributed by atoms with van der Waals surface area (Å²) in [5.74, 6) is -0.207. The summed E-state index contributed by atoms with van der Waals surface area (Å²) in [6, 6.07) is 12.5. The van der Waals surface area contributed by atoms with Crippen LogP contribution in [-0.4, -0.2) is 12.2 Å². The fourth-order valence-electron chi connectivity index (χ4n) is 1.59. The molecule has 19 heavy (non-hydrogen) atoms. The largest absolute Gasteiger partial charge is 0.398 e. The summed E-state index contributed by atoms with van der Waals surface area (Å²) in [5.41, 5.74) is 7.32. The Labute approximate surface area is 121 Å². The number of nitrogens with two attached hydrogens (primary N) is 1. The molecule has 0 saturated carbocycles. The average Bonchev–Trinajstić information content (AvgIpc) is 2.42. The van der Waals surface area contributed by atoms with Crippen LogP contribution in [0.2, 0.25) is 5.02 Å². The highest BCUT2D eigenvalue weighted by Gasteiger charge is 2.08. The van der Waals surface area contributed by atoms with Gasteiger partial charge in [-0.1, -0.05) is 17.7 Å². The van der Waals surface area contributed by atoms with Crippen molar-refractivity contribution in [1.82, 2.24) is 0 Å². The van der Waals surface area contributed by atoms with Crippen LogP contribution in [-0.2, 0) is 0 Å². The van der Waals surface area contributed by atoms with Gasteiger partial charge in [-0.2, -0.15) is 0 Å². The summed E-state index contributed by atoms with van der Waals surface area (Å²) in [5, 5.41) is 3.27. The van der Waals surface area contributed by atoms with Crippen LogP contribution in [0, 0.1) is 0 Å². The second-order valence-corrected chi connectivity index (χ2v) is 5.21. The van der Waals surface area contributed by atoms with Crippen molar-refractivity contribution in [2.45, 2.75) is 4.90 Å². The van der Waals surface area contributed by atoms with Gasteiger partial charge in [-0.15, -0.1) is 11.8 Å². The molecule has 1 amide bonds. The van der Waals surface area contributed by atoms with Crippen LogP contribution in [0.4, 0.5) is 11.4 Å². The van der Waals surface area contributed by atoms with Crippen LogP contribution >= 0.6 is 23.4 Å². The number of benzene rings is 2. The molecule has 98 valence electrons. The maximum Gasteiger partial charge on any atom is 0.255 e. The van der Waals surface area contributed by atoms with E-state index < -0.39 is 0 Å². The maximum absolute atomic E-state index is 12.1. The minimum Gasteiger partial charge on any atom is -0.398 e. The number of anilines is 2. The number of thioether (sulfide) groups is 1. The number of nitrogens with one attached hydrogen (secondary N) is 1. The van der Waals surface area contributed by atoms with Crippen molar-refractivity contribution in [3.05, 3.63) is 53.1 Å². The molecule has 0 radical (unpaired) electrons. The van der Waals surface area contributed by atoms with E-state index in [2.05, 4.69) is 5.32 Å². The first-order valence-corrected chi connectivity index (χ1v) is 7.21. The van der Waals surface area contributed by atoms with E-state index in [0.29, 0.717) is 16.3 Å². The minimum atomic E-state index is -0.207. The van der Waals surface area contributed by atoms with E-state index in [9.17, 15) is 4.79 Å². The lowest BCUT2D eigenvalue weighted by Crippen LogP contribution is -2.12. The van der Waals surface area contributed by atoms with Crippen molar-refractivity contribution in [3.63, 3.8) is 0 Å². The zero-order valence-corrected chi connectivity index (χ0v) is 11.9. The van der Waals surface area contributed by atoms with Gasteiger partial charge in [0, 0.05) is 16.1 Å².